The molecule has 0 unspecified atom stereocenters. The van der Waals surface area contributed by atoms with Crippen molar-refractivity contribution in [3.63, 3.8) is 0 Å². The van der Waals surface area contributed by atoms with Crippen LogP contribution in [0.15, 0.2) is 16.6 Å². The molecule has 0 aliphatic heterocycles. The van der Waals surface area contributed by atoms with Crippen molar-refractivity contribution in [2.24, 2.45) is 5.73 Å². The molecule has 0 saturated heterocycles. The van der Waals surface area contributed by atoms with Gasteiger partial charge in [0.25, 0.3) is 0 Å². The molecule has 0 spiro atoms. The minimum absolute atomic E-state index is 0.227. The van der Waals surface area contributed by atoms with E-state index in [1.54, 1.807) is 19.2 Å². The Kier molecular flexibility index (Phi) is 4.51. The molecule has 78 valence electrons. The van der Waals surface area contributed by atoms with E-state index >= 15 is 0 Å². The summed E-state index contributed by atoms with van der Waals surface area (Å²) in [5, 5.41) is 0. The van der Waals surface area contributed by atoms with Crippen molar-refractivity contribution >= 4 is 15.9 Å². The van der Waals surface area contributed by atoms with Crippen LogP contribution in [0.5, 0.6) is 0 Å². The molecule has 2 N–H and O–H groups in total. The van der Waals surface area contributed by atoms with Crippen LogP contribution in [0.3, 0.4) is 0 Å². The smallest absolute Gasteiger partial charge is 0.140 e. The molecule has 0 heterocycles. The van der Waals surface area contributed by atoms with Gasteiger partial charge in [-0.25, -0.2) is 4.39 Å². The van der Waals surface area contributed by atoms with Crippen LogP contribution >= 0.6 is 15.9 Å². The van der Waals surface area contributed by atoms with Gasteiger partial charge in [-0.2, -0.15) is 0 Å². The molecule has 0 atom stereocenters. The van der Waals surface area contributed by atoms with Crippen LogP contribution < -0.4 is 5.73 Å². The Morgan fingerprint density at radius 1 is 1.50 bits per heavy atom. The van der Waals surface area contributed by atoms with Gasteiger partial charge in [-0.1, -0.05) is 6.07 Å². The number of nitrogens with two attached hydrogens (primary N) is 1. The van der Waals surface area contributed by atoms with Crippen LogP contribution in [0, 0.1) is 5.82 Å². The minimum atomic E-state index is -0.227. The average molecular weight is 262 g/mol. The summed E-state index contributed by atoms with van der Waals surface area (Å²) in [5.74, 6) is -0.227. The van der Waals surface area contributed by atoms with Gasteiger partial charge in [0.1, 0.15) is 5.82 Å². The lowest BCUT2D eigenvalue weighted by Crippen LogP contribution is -2.06. The quantitative estimate of drug-likeness (QED) is 0.903. The van der Waals surface area contributed by atoms with Gasteiger partial charge < -0.3 is 10.5 Å². The van der Waals surface area contributed by atoms with Gasteiger partial charge in [0.2, 0.25) is 0 Å². The van der Waals surface area contributed by atoms with Crippen LogP contribution in [0.4, 0.5) is 4.39 Å². The van der Waals surface area contributed by atoms with Gasteiger partial charge in [0, 0.05) is 7.11 Å². The molecular weight excluding hydrogens is 249 g/mol. The highest BCUT2D eigenvalue weighted by atomic mass is 79.9. The largest absolute Gasteiger partial charge is 0.380 e. The summed E-state index contributed by atoms with van der Waals surface area (Å²) in [6.07, 6.45) is 0.544. The van der Waals surface area contributed by atoms with Crippen molar-refractivity contribution in [3.05, 3.63) is 33.5 Å². The van der Waals surface area contributed by atoms with Crippen molar-refractivity contribution in [3.8, 4) is 0 Å². The van der Waals surface area contributed by atoms with E-state index in [0.29, 0.717) is 29.6 Å². The Balaban J connectivity index is 3.01. The second-order valence-corrected chi connectivity index (χ2v) is 3.88. The van der Waals surface area contributed by atoms with Crippen LogP contribution in [0.25, 0.3) is 0 Å². The molecule has 0 bridgehead atoms. The van der Waals surface area contributed by atoms with Crippen LogP contribution in [-0.4, -0.2) is 13.7 Å². The van der Waals surface area contributed by atoms with Crippen molar-refractivity contribution < 1.29 is 9.13 Å². The Bertz CT molecular complexity index is 317. The van der Waals surface area contributed by atoms with E-state index < -0.39 is 0 Å². The van der Waals surface area contributed by atoms with E-state index in [9.17, 15) is 4.39 Å². The highest BCUT2D eigenvalue weighted by Gasteiger charge is 2.08. The first-order valence-corrected chi connectivity index (χ1v) is 5.14. The van der Waals surface area contributed by atoms with Crippen molar-refractivity contribution in [2.75, 3.05) is 13.7 Å². The lowest BCUT2D eigenvalue weighted by atomic mass is 10.1. The van der Waals surface area contributed by atoms with Gasteiger partial charge in [-0.3, -0.25) is 0 Å². The molecular formula is C10H13BrFNO. The summed E-state index contributed by atoms with van der Waals surface area (Å²) in [5.41, 5.74) is 6.97. The lowest BCUT2D eigenvalue weighted by molar-refractivity contribution is 0.184. The lowest BCUT2D eigenvalue weighted by Gasteiger charge is -2.07. The third-order valence-corrected chi connectivity index (χ3v) is 2.47. The predicted molar refractivity (Wildman–Crippen MR) is 57.6 cm³/mol. The molecule has 2 nitrogen and oxygen atoms in total. The molecule has 0 amide bonds. The normalized spacial score (nSPS) is 10.6. The maximum atomic E-state index is 13.5. The van der Waals surface area contributed by atoms with Gasteiger partial charge in [0.15, 0.2) is 0 Å². The van der Waals surface area contributed by atoms with Gasteiger partial charge >= 0.3 is 0 Å². The highest BCUT2D eigenvalue weighted by molar-refractivity contribution is 9.10. The zero-order valence-corrected chi connectivity index (χ0v) is 9.60. The molecule has 0 aliphatic rings. The number of ether oxygens (including phenoxy) is 1. The standard InChI is InChI=1S/C10H13BrFNO/c1-14-6-7-4-8(2-3-13)10(12)9(11)5-7/h4-5H,2-3,6,13H2,1H3. The zero-order valence-electron chi connectivity index (χ0n) is 8.02. The summed E-state index contributed by atoms with van der Waals surface area (Å²) in [6.45, 7) is 0.927. The monoisotopic (exact) mass is 261 g/mol. The highest BCUT2D eigenvalue weighted by Crippen LogP contribution is 2.22. The number of halogens is 2. The summed E-state index contributed by atoms with van der Waals surface area (Å²) >= 11 is 3.17. The van der Waals surface area contributed by atoms with E-state index in [4.69, 9.17) is 10.5 Å². The first kappa shape index (κ1) is 11.6. The maximum absolute atomic E-state index is 13.5. The summed E-state index contributed by atoms with van der Waals surface area (Å²) in [6, 6.07) is 3.51. The SMILES string of the molecule is COCc1cc(Br)c(F)c(CCN)c1. The number of benzene rings is 1. The summed E-state index contributed by atoms with van der Waals surface area (Å²) in [4.78, 5) is 0. The topological polar surface area (TPSA) is 35.2 Å². The minimum Gasteiger partial charge on any atom is -0.380 e. The molecule has 0 aromatic heterocycles. The number of hydrogen-bond acceptors (Lipinski definition) is 2. The molecule has 0 aliphatic carbocycles. The molecule has 0 saturated carbocycles. The molecule has 0 fully saturated rings. The second-order valence-electron chi connectivity index (χ2n) is 3.02. The maximum Gasteiger partial charge on any atom is 0.140 e. The van der Waals surface area contributed by atoms with Crippen molar-refractivity contribution in [2.45, 2.75) is 13.0 Å². The fourth-order valence-corrected chi connectivity index (χ4v) is 1.84. The Morgan fingerprint density at radius 2 is 2.21 bits per heavy atom. The average Bonchev–Trinajstić information content (AvgIpc) is 2.14. The van der Waals surface area contributed by atoms with Crippen molar-refractivity contribution in [1.82, 2.24) is 0 Å². The Hall–Kier alpha value is -0.450. The molecule has 1 rings (SSSR count). The Labute approximate surface area is 91.4 Å². The van der Waals surface area contributed by atoms with Gasteiger partial charge in [0.05, 0.1) is 11.1 Å². The van der Waals surface area contributed by atoms with Gasteiger partial charge in [-0.15, -0.1) is 0 Å². The van der Waals surface area contributed by atoms with Crippen LogP contribution in [0.1, 0.15) is 11.1 Å². The molecule has 1 aromatic rings. The first-order valence-electron chi connectivity index (χ1n) is 4.34. The van der Waals surface area contributed by atoms with Gasteiger partial charge in [-0.05, 0) is 46.1 Å². The number of methoxy groups -OCH3 is 1. The number of rotatable bonds is 4. The van der Waals surface area contributed by atoms with E-state index in [-0.39, 0.29) is 5.82 Å². The zero-order chi connectivity index (χ0) is 10.6. The molecule has 4 heteroatoms. The molecule has 1 aromatic carbocycles. The third-order valence-electron chi connectivity index (χ3n) is 1.89. The Morgan fingerprint density at radius 3 is 2.79 bits per heavy atom. The van der Waals surface area contributed by atoms with E-state index in [1.807, 2.05) is 0 Å². The van der Waals surface area contributed by atoms with E-state index in [2.05, 4.69) is 15.9 Å². The number of hydrogen-bond donors (Lipinski definition) is 1. The van der Waals surface area contributed by atoms with E-state index in [0.717, 1.165) is 5.56 Å². The van der Waals surface area contributed by atoms with E-state index in [1.165, 1.54) is 0 Å². The predicted octanol–water partition coefficient (Wildman–Crippen LogP) is 2.24. The molecule has 0 radical (unpaired) electrons. The fourth-order valence-electron chi connectivity index (χ4n) is 1.30. The fraction of sp³-hybridized carbons (Fsp3) is 0.400. The molecule has 14 heavy (non-hydrogen) atoms. The van der Waals surface area contributed by atoms with Crippen molar-refractivity contribution in [1.29, 1.82) is 0 Å². The summed E-state index contributed by atoms with van der Waals surface area (Å²) in [7, 11) is 1.61. The second kappa shape index (κ2) is 5.44. The van der Waals surface area contributed by atoms with Crippen LogP contribution in [0.2, 0.25) is 0 Å². The first-order chi connectivity index (χ1) is 6.69. The van der Waals surface area contributed by atoms with Crippen LogP contribution in [-0.2, 0) is 17.8 Å². The summed E-state index contributed by atoms with van der Waals surface area (Å²) < 4.78 is 18.9. The third kappa shape index (κ3) is 2.77.